The van der Waals surface area contributed by atoms with E-state index in [0.717, 1.165) is 6.54 Å². The summed E-state index contributed by atoms with van der Waals surface area (Å²) in [6.07, 6.45) is 0.310. The zero-order valence-corrected chi connectivity index (χ0v) is 9.87. The van der Waals surface area contributed by atoms with Crippen LogP contribution in [0.15, 0.2) is 0 Å². The van der Waals surface area contributed by atoms with Gasteiger partial charge in [0.1, 0.15) is 11.9 Å². The van der Waals surface area contributed by atoms with Gasteiger partial charge in [-0.05, 0) is 6.42 Å². The molecule has 0 spiro atoms. The van der Waals surface area contributed by atoms with Crippen molar-refractivity contribution >= 4 is 15.7 Å². The Balaban J connectivity index is 1.98. The van der Waals surface area contributed by atoms with Gasteiger partial charge in [-0.3, -0.25) is 10.3 Å². The second-order valence-corrected chi connectivity index (χ2v) is 6.60. The molecule has 2 fully saturated rings. The van der Waals surface area contributed by atoms with Crippen molar-refractivity contribution in [2.45, 2.75) is 18.6 Å². The number of nitrogens with two attached hydrogens (primary N) is 1. The summed E-state index contributed by atoms with van der Waals surface area (Å²) in [5.41, 5.74) is 5.39. The van der Waals surface area contributed by atoms with Gasteiger partial charge in [0.15, 0.2) is 9.84 Å². The molecular formula is C9H17N3O3S. The molecule has 2 saturated heterocycles. The third-order valence-corrected chi connectivity index (χ3v) is 4.92. The number of hydrogen-bond donors (Lipinski definition) is 2. The molecule has 0 saturated carbocycles. The average Bonchev–Trinajstić information content (AvgIpc) is 2.59. The van der Waals surface area contributed by atoms with Crippen LogP contribution in [0.5, 0.6) is 0 Å². The van der Waals surface area contributed by atoms with Crippen LogP contribution in [-0.2, 0) is 14.6 Å². The Labute approximate surface area is 95.2 Å². The van der Waals surface area contributed by atoms with Crippen molar-refractivity contribution < 1.29 is 13.2 Å². The predicted octanol–water partition coefficient (Wildman–Crippen LogP) is -1.19. The van der Waals surface area contributed by atoms with E-state index in [9.17, 15) is 8.42 Å². The van der Waals surface area contributed by atoms with Gasteiger partial charge < -0.3 is 10.5 Å². The number of rotatable bonds is 2. The maximum absolute atomic E-state index is 11.4. The SMILES string of the molecule is N=C(N)C1CN(C2CCS(=O)(=O)C2)CCO1. The molecule has 2 unspecified atom stereocenters. The highest BCUT2D eigenvalue weighted by atomic mass is 32.2. The summed E-state index contributed by atoms with van der Waals surface area (Å²) >= 11 is 0. The fraction of sp³-hybridized carbons (Fsp3) is 0.889. The molecule has 2 aliphatic heterocycles. The first-order valence-electron chi connectivity index (χ1n) is 5.38. The van der Waals surface area contributed by atoms with Crippen LogP contribution in [-0.4, -0.2) is 62.5 Å². The summed E-state index contributed by atoms with van der Waals surface area (Å²) < 4.78 is 28.1. The molecule has 2 atom stereocenters. The second-order valence-electron chi connectivity index (χ2n) is 4.37. The number of sulfone groups is 1. The Hall–Kier alpha value is -0.660. The molecule has 92 valence electrons. The van der Waals surface area contributed by atoms with E-state index in [2.05, 4.69) is 4.90 Å². The van der Waals surface area contributed by atoms with Gasteiger partial charge in [-0.2, -0.15) is 0 Å². The summed E-state index contributed by atoms with van der Waals surface area (Å²) in [6.45, 7) is 1.78. The van der Waals surface area contributed by atoms with Crippen LogP contribution in [0.3, 0.4) is 0 Å². The van der Waals surface area contributed by atoms with E-state index >= 15 is 0 Å². The summed E-state index contributed by atoms with van der Waals surface area (Å²) in [5, 5.41) is 7.34. The quantitative estimate of drug-likeness (QED) is 0.472. The van der Waals surface area contributed by atoms with Crippen LogP contribution in [0.25, 0.3) is 0 Å². The Morgan fingerprint density at radius 2 is 2.25 bits per heavy atom. The van der Waals surface area contributed by atoms with Crippen LogP contribution in [0.4, 0.5) is 0 Å². The number of amidine groups is 1. The second kappa shape index (κ2) is 4.31. The molecule has 16 heavy (non-hydrogen) atoms. The van der Waals surface area contributed by atoms with Crippen molar-refractivity contribution in [1.29, 1.82) is 5.41 Å². The Morgan fingerprint density at radius 1 is 1.50 bits per heavy atom. The Bertz CT molecular complexity index is 381. The maximum atomic E-state index is 11.4. The molecule has 0 amide bonds. The lowest BCUT2D eigenvalue weighted by molar-refractivity contribution is -0.00809. The average molecular weight is 247 g/mol. The van der Waals surface area contributed by atoms with Gasteiger partial charge in [0.05, 0.1) is 18.1 Å². The van der Waals surface area contributed by atoms with E-state index in [-0.39, 0.29) is 29.5 Å². The highest BCUT2D eigenvalue weighted by Gasteiger charge is 2.35. The van der Waals surface area contributed by atoms with Crippen molar-refractivity contribution in [3.05, 3.63) is 0 Å². The van der Waals surface area contributed by atoms with Crippen LogP contribution in [0.1, 0.15) is 6.42 Å². The minimum absolute atomic E-state index is 0.0190. The molecule has 0 radical (unpaired) electrons. The maximum Gasteiger partial charge on any atom is 0.151 e. The lowest BCUT2D eigenvalue weighted by Crippen LogP contribution is -2.52. The molecule has 2 aliphatic rings. The van der Waals surface area contributed by atoms with Gasteiger partial charge in [0.2, 0.25) is 0 Å². The molecule has 0 aromatic rings. The first-order valence-corrected chi connectivity index (χ1v) is 7.20. The van der Waals surface area contributed by atoms with Gasteiger partial charge >= 0.3 is 0 Å². The van der Waals surface area contributed by atoms with Crippen molar-refractivity contribution in [1.82, 2.24) is 4.90 Å². The molecule has 6 nitrogen and oxygen atoms in total. The van der Waals surface area contributed by atoms with E-state index in [1.54, 1.807) is 0 Å². The van der Waals surface area contributed by atoms with Gasteiger partial charge in [-0.15, -0.1) is 0 Å². The van der Waals surface area contributed by atoms with Gasteiger partial charge in [0, 0.05) is 19.1 Å². The molecular weight excluding hydrogens is 230 g/mol. The standard InChI is InChI=1S/C9H17N3O3S/c10-9(11)8-5-12(2-3-15-8)7-1-4-16(13,14)6-7/h7-8H,1-6H2,(H3,10,11). The highest BCUT2D eigenvalue weighted by molar-refractivity contribution is 7.91. The summed E-state index contributed by atoms with van der Waals surface area (Å²) in [7, 11) is -2.85. The summed E-state index contributed by atoms with van der Waals surface area (Å²) in [4.78, 5) is 2.08. The number of ether oxygens (including phenoxy) is 1. The van der Waals surface area contributed by atoms with Crippen molar-refractivity contribution in [3.63, 3.8) is 0 Å². The van der Waals surface area contributed by atoms with Gasteiger partial charge in [-0.1, -0.05) is 0 Å². The number of nitrogens with zero attached hydrogens (tertiary/aromatic N) is 1. The van der Waals surface area contributed by atoms with E-state index in [0.29, 0.717) is 19.6 Å². The van der Waals surface area contributed by atoms with E-state index in [1.807, 2.05) is 0 Å². The molecule has 2 heterocycles. The number of hydrogen-bond acceptors (Lipinski definition) is 5. The van der Waals surface area contributed by atoms with Crippen molar-refractivity contribution in [2.24, 2.45) is 5.73 Å². The first-order chi connectivity index (χ1) is 7.48. The number of morpholine rings is 1. The predicted molar refractivity (Wildman–Crippen MR) is 60.3 cm³/mol. The minimum atomic E-state index is -2.85. The number of nitrogens with one attached hydrogen (secondary N) is 1. The van der Waals surface area contributed by atoms with Crippen LogP contribution < -0.4 is 5.73 Å². The fourth-order valence-electron chi connectivity index (χ4n) is 2.25. The summed E-state index contributed by atoms with van der Waals surface area (Å²) in [5.74, 6) is 0.530. The highest BCUT2D eigenvalue weighted by Crippen LogP contribution is 2.20. The van der Waals surface area contributed by atoms with E-state index in [1.165, 1.54) is 0 Å². The Kier molecular flexibility index (Phi) is 3.18. The molecule has 7 heteroatoms. The Morgan fingerprint density at radius 3 is 2.81 bits per heavy atom. The van der Waals surface area contributed by atoms with E-state index < -0.39 is 9.84 Å². The van der Waals surface area contributed by atoms with Gasteiger partial charge in [0.25, 0.3) is 0 Å². The zero-order valence-electron chi connectivity index (χ0n) is 9.05. The summed E-state index contributed by atoms with van der Waals surface area (Å²) in [6, 6.07) is 0.0794. The molecule has 3 N–H and O–H groups in total. The third kappa shape index (κ3) is 2.53. The molecule has 0 aromatic carbocycles. The van der Waals surface area contributed by atoms with Crippen molar-refractivity contribution in [2.75, 3.05) is 31.2 Å². The third-order valence-electron chi connectivity index (χ3n) is 3.17. The smallest absolute Gasteiger partial charge is 0.151 e. The molecule has 0 aromatic heterocycles. The fourth-order valence-corrected chi connectivity index (χ4v) is 4.01. The van der Waals surface area contributed by atoms with Crippen LogP contribution in [0.2, 0.25) is 0 Å². The van der Waals surface area contributed by atoms with E-state index in [4.69, 9.17) is 15.9 Å². The molecule has 2 rings (SSSR count). The monoisotopic (exact) mass is 247 g/mol. The van der Waals surface area contributed by atoms with Gasteiger partial charge in [-0.25, -0.2) is 8.42 Å². The minimum Gasteiger partial charge on any atom is -0.385 e. The normalized spacial score (nSPS) is 35.0. The van der Waals surface area contributed by atoms with Crippen LogP contribution in [0, 0.1) is 5.41 Å². The van der Waals surface area contributed by atoms with Crippen molar-refractivity contribution in [3.8, 4) is 0 Å². The molecule has 0 aliphatic carbocycles. The first kappa shape index (κ1) is 11.8. The van der Waals surface area contributed by atoms with Crippen LogP contribution >= 0.6 is 0 Å². The lowest BCUT2D eigenvalue weighted by atomic mass is 10.1. The topological polar surface area (TPSA) is 96.5 Å². The molecule has 0 bridgehead atoms. The largest absolute Gasteiger partial charge is 0.385 e. The zero-order chi connectivity index (χ0) is 11.8. The lowest BCUT2D eigenvalue weighted by Gasteiger charge is -2.35.